The Morgan fingerprint density at radius 2 is 1.96 bits per heavy atom. The molecule has 6 N–H and O–H groups in total. The van der Waals surface area contributed by atoms with E-state index in [2.05, 4.69) is 10.6 Å². The van der Waals surface area contributed by atoms with Gasteiger partial charge in [0.15, 0.2) is 0 Å². The molecular formula is C16H28N4O6S. The molecule has 0 aromatic heterocycles. The minimum Gasteiger partial charge on any atom is -0.480 e. The van der Waals surface area contributed by atoms with Crippen molar-refractivity contribution in [3.63, 3.8) is 0 Å². The fourth-order valence-electron chi connectivity index (χ4n) is 2.72. The maximum absolute atomic E-state index is 12.5. The summed E-state index contributed by atoms with van der Waals surface area (Å²) in [6.07, 6.45) is 3.47. The molecule has 1 aliphatic rings. The lowest BCUT2D eigenvalue weighted by Crippen LogP contribution is -2.57. The minimum atomic E-state index is -1.30. The van der Waals surface area contributed by atoms with E-state index in [0.29, 0.717) is 25.8 Å². The maximum atomic E-state index is 12.5. The first kappa shape index (κ1) is 23.2. The molecule has 1 fully saturated rings. The van der Waals surface area contributed by atoms with Crippen LogP contribution in [0.4, 0.5) is 0 Å². The molecule has 4 atom stereocenters. The summed E-state index contributed by atoms with van der Waals surface area (Å²) >= 11 is 1.57. The third kappa shape index (κ3) is 6.67. The normalized spacial score (nSPS) is 19.9. The van der Waals surface area contributed by atoms with Gasteiger partial charge in [0.1, 0.15) is 18.1 Å². The van der Waals surface area contributed by atoms with Crippen molar-refractivity contribution in [2.75, 3.05) is 25.2 Å². The monoisotopic (exact) mass is 404 g/mol. The van der Waals surface area contributed by atoms with E-state index in [-0.39, 0.29) is 5.91 Å². The summed E-state index contributed by atoms with van der Waals surface area (Å²) < 4.78 is 0. The Bertz CT molecular complexity index is 561. The largest absolute Gasteiger partial charge is 0.480 e. The van der Waals surface area contributed by atoms with Crippen molar-refractivity contribution in [3.8, 4) is 0 Å². The number of carboxylic acids is 1. The molecule has 0 bridgehead atoms. The number of nitrogens with zero attached hydrogens (tertiary/aromatic N) is 1. The summed E-state index contributed by atoms with van der Waals surface area (Å²) in [6.45, 7) is 0.970. The summed E-state index contributed by atoms with van der Waals surface area (Å²) in [5, 5.41) is 22.8. The number of aliphatic hydroxyl groups is 1. The molecule has 11 heteroatoms. The van der Waals surface area contributed by atoms with Gasteiger partial charge in [-0.25, -0.2) is 0 Å². The van der Waals surface area contributed by atoms with Gasteiger partial charge in [0, 0.05) is 6.54 Å². The molecule has 0 aliphatic carbocycles. The highest BCUT2D eigenvalue weighted by atomic mass is 32.2. The number of amides is 3. The van der Waals surface area contributed by atoms with Crippen LogP contribution in [0.5, 0.6) is 0 Å². The van der Waals surface area contributed by atoms with E-state index < -0.39 is 48.6 Å². The van der Waals surface area contributed by atoms with E-state index in [1.54, 1.807) is 11.8 Å². The lowest BCUT2D eigenvalue weighted by Gasteiger charge is -2.28. The zero-order valence-electron chi connectivity index (χ0n) is 15.5. The first-order valence-corrected chi connectivity index (χ1v) is 10.1. The number of rotatable bonds is 10. The molecule has 0 aromatic rings. The van der Waals surface area contributed by atoms with Crippen LogP contribution < -0.4 is 16.4 Å². The van der Waals surface area contributed by atoms with Gasteiger partial charge in [-0.1, -0.05) is 0 Å². The van der Waals surface area contributed by atoms with Gasteiger partial charge in [0.25, 0.3) is 0 Å². The van der Waals surface area contributed by atoms with Crippen molar-refractivity contribution in [1.82, 2.24) is 15.5 Å². The fraction of sp³-hybridized carbons (Fsp3) is 0.750. The predicted octanol–water partition coefficient (Wildman–Crippen LogP) is -1.88. The minimum absolute atomic E-state index is 0.314. The number of aliphatic carboxylic acids is 1. The Morgan fingerprint density at radius 1 is 1.30 bits per heavy atom. The number of hydrogen-bond acceptors (Lipinski definition) is 7. The van der Waals surface area contributed by atoms with Crippen LogP contribution in [0.2, 0.25) is 0 Å². The number of carbonyl (C=O) groups is 4. The summed E-state index contributed by atoms with van der Waals surface area (Å²) in [5.41, 5.74) is 5.91. The first-order valence-electron chi connectivity index (χ1n) is 8.72. The standard InChI is InChI=1S/C16H28N4O6S/c1-9(16(25)26)18-13(22)11(8-21)19-14(23)12-4-3-6-20(12)15(24)10(17)5-7-27-2/h9-12,21H,3-8,17H2,1-2H3,(H,18,22)(H,19,23)(H,25,26). The number of carboxylic acid groups (broad SMARTS) is 1. The molecule has 154 valence electrons. The summed E-state index contributed by atoms with van der Waals surface area (Å²) in [7, 11) is 0. The second-order valence-electron chi connectivity index (χ2n) is 6.39. The highest BCUT2D eigenvalue weighted by Gasteiger charge is 2.37. The van der Waals surface area contributed by atoms with Crippen LogP contribution in [0.3, 0.4) is 0 Å². The predicted molar refractivity (Wildman–Crippen MR) is 100.0 cm³/mol. The van der Waals surface area contributed by atoms with Crippen LogP contribution in [0.25, 0.3) is 0 Å². The third-order valence-electron chi connectivity index (χ3n) is 4.33. The number of nitrogens with one attached hydrogen (secondary N) is 2. The number of likely N-dealkylation sites (tertiary alicyclic amines) is 1. The highest BCUT2D eigenvalue weighted by molar-refractivity contribution is 7.98. The van der Waals surface area contributed by atoms with E-state index in [9.17, 15) is 24.3 Å². The zero-order valence-corrected chi connectivity index (χ0v) is 16.3. The van der Waals surface area contributed by atoms with Crippen LogP contribution in [0.15, 0.2) is 0 Å². The van der Waals surface area contributed by atoms with Gasteiger partial charge in [0.05, 0.1) is 12.6 Å². The van der Waals surface area contributed by atoms with Crippen LogP contribution in [0.1, 0.15) is 26.2 Å². The smallest absolute Gasteiger partial charge is 0.325 e. The molecule has 1 saturated heterocycles. The number of hydrogen-bond donors (Lipinski definition) is 5. The lowest BCUT2D eigenvalue weighted by molar-refractivity contribution is -0.143. The molecule has 1 heterocycles. The molecule has 1 rings (SSSR count). The first-order chi connectivity index (χ1) is 12.7. The van der Waals surface area contributed by atoms with E-state index in [4.69, 9.17) is 10.8 Å². The Labute approximate surface area is 162 Å². The Hall–Kier alpha value is -1.85. The molecule has 0 radical (unpaired) electrons. The quantitative estimate of drug-likeness (QED) is 0.283. The van der Waals surface area contributed by atoms with Crippen LogP contribution in [-0.2, 0) is 19.2 Å². The van der Waals surface area contributed by atoms with Gasteiger partial charge in [-0.05, 0) is 38.2 Å². The highest BCUT2D eigenvalue weighted by Crippen LogP contribution is 2.19. The lowest BCUT2D eigenvalue weighted by atomic mass is 10.1. The second kappa shape index (κ2) is 11.1. The molecule has 0 spiro atoms. The third-order valence-corrected chi connectivity index (χ3v) is 4.98. The molecular weight excluding hydrogens is 376 g/mol. The van der Waals surface area contributed by atoms with E-state index in [1.165, 1.54) is 11.8 Å². The Balaban J connectivity index is 2.71. The molecule has 10 nitrogen and oxygen atoms in total. The van der Waals surface area contributed by atoms with Crippen molar-refractivity contribution in [1.29, 1.82) is 0 Å². The van der Waals surface area contributed by atoms with E-state index in [0.717, 1.165) is 5.75 Å². The SMILES string of the molecule is CSCCC(N)C(=O)N1CCCC1C(=O)NC(CO)C(=O)NC(C)C(=O)O. The second-order valence-corrected chi connectivity index (χ2v) is 7.38. The average Bonchev–Trinajstić information content (AvgIpc) is 3.12. The number of nitrogens with two attached hydrogens (primary N) is 1. The van der Waals surface area contributed by atoms with E-state index in [1.807, 2.05) is 6.26 Å². The molecule has 0 saturated carbocycles. The van der Waals surface area contributed by atoms with Crippen molar-refractivity contribution in [3.05, 3.63) is 0 Å². The summed E-state index contributed by atoms with van der Waals surface area (Å²) in [4.78, 5) is 49.3. The molecule has 3 amide bonds. The number of aliphatic hydroxyl groups excluding tert-OH is 1. The van der Waals surface area contributed by atoms with E-state index >= 15 is 0 Å². The van der Waals surface area contributed by atoms with Gasteiger partial charge in [-0.2, -0.15) is 11.8 Å². The molecule has 0 aromatic carbocycles. The van der Waals surface area contributed by atoms with Crippen LogP contribution in [0, 0.1) is 0 Å². The van der Waals surface area contributed by atoms with Crippen LogP contribution in [-0.4, -0.2) is 88.1 Å². The van der Waals surface area contributed by atoms with Crippen LogP contribution >= 0.6 is 11.8 Å². The summed E-state index contributed by atoms with van der Waals surface area (Å²) in [5.74, 6) is -2.21. The van der Waals surface area contributed by atoms with Gasteiger partial charge in [-0.3, -0.25) is 19.2 Å². The Kier molecular flexibility index (Phi) is 9.53. The molecule has 4 unspecified atom stereocenters. The topological polar surface area (TPSA) is 162 Å². The Morgan fingerprint density at radius 3 is 2.52 bits per heavy atom. The molecule has 1 aliphatic heterocycles. The average molecular weight is 404 g/mol. The summed E-state index contributed by atoms with van der Waals surface area (Å²) in [6, 6.07) is -3.93. The van der Waals surface area contributed by atoms with Crippen molar-refractivity contribution in [2.24, 2.45) is 5.73 Å². The maximum Gasteiger partial charge on any atom is 0.325 e. The van der Waals surface area contributed by atoms with Crippen molar-refractivity contribution < 1.29 is 29.4 Å². The van der Waals surface area contributed by atoms with Gasteiger partial charge in [0.2, 0.25) is 17.7 Å². The van der Waals surface area contributed by atoms with Gasteiger partial charge >= 0.3 is 5.97 Å². The molecule has 27 heavy (non-hydrogen) atoms. The van der Waals surface area contributed by atoms with Gasteiger partial charge in [-0.15, -0.1) is 0 Å². The van der Waals surface area contributed by atoms with Crippen molar-refractivity contribution >= 4 is 35.5 Å². The zero-order chi connectivity index (χ0) is 20.6. The van der Waals surface area contributed by atoms with Crippen molar-refractivity contribution in [2.45, 2.75) is 50.4 Å². The number of thioether (sulfide) groups is 1. The van der Waals surface area contributed by atoms with Gasteiger partial charge < -0.3 is 31.5 Å². The number of carbonyl (C=O) groups excluding carboxylic acids is 3. The fourth-order valence-corrected chi connectivity index (χ4v) is 3.21.